The Morgan fingerprint density at radius 1 is 1.18 bits per heavy atom. The van der Waals surface area contributed by atoms with Gasteiger partial charge >= 0.3 is 6.03 Å². The predicted molar refractivity (Wildman–Crippen MR) is 125 cm³/mol. The molecule has 5 rings (SSSR count). The number of aryl methyl sites for hydroxylation is 1. The number of hydrogen-bond donors (Lipinski definition) is 2. The summed E-state index contributed by atoms with van der Waals surface area (Å²) >= 11 is 0. The molecule has 3 fully saturated rings. The number of Topliss-reactive ketones (excluding diaryl/α,β-unsaturated/α-hetero) is 1. The molecule has 1 aliphatic heterocycles. The van der Waals surface area contributed by atoms with E-state index >= 15 is 0 Å². The first-order chi connectivity index (χ1) is 15.9. The van der Waals surface area contributed by atoms with E-state index in [1.54, 1.807) is 0 Å². The lowest BCUT2D eigenvalue weighted by Gasteiger charge is -2.30. The van der Waals surface area contributed by atoms with Crippen molar-refractivity contribution in [2.24, 2.45) is 5.92 Å². The Bertz CT molecular complexity index is 1110. The third-order valence-electron chi connectivity index (χ3n) is 7.22. The lowest BCUT2D eigenvalue weighted by molar-refractivity contribution is -0.132. The number of carbonyl (C=O) groups is 3. The van der Waals surface area contributed by atoms with Gasteiger partial charge in [-0.25, -0.2) is 9.78 Å². The Morgan fingerprint density at radius 3 is 2.67 bits per heavy atom. The van der Waals surface area contributed by atoms with Crippen LogP contribution >= 0.6 is 0 Å². The van der Waals surface area contributed by atoms with Crippen LogP contribution < -0.4 is 10.6 Å². The SMILES string of the molecule is Cc1cc(C(=O)CN2C(=O)NC3(CCCCC3)C2=O)c(C)n1-c1cccc(NCC2CC2)n1. The molecule has 33 heavy (non-hydrogen) atoms. The Labute approximate surface area is 193 Å². The van der Waals surface area contributed by atoms with Gasteiger partial charge in [0.25, 0.3) is 5.91 Å². The van der Waals surface area contributed by atoms with Gasteiger partial charge in [-0.3, -0.25) is 14.5 Å². The largest absolute Gasteiger partial charge is 0.370 e. The van der Waals surface area contributed by atoms with Gasteiger partial charge in [0.05, 0.1) is 6.54 Å². The number of aromatic nitrogens is 2. The van der Waals surface area contributed by atoms with Gasteiger partial charge in [0.1, 0.15) is 17.2 Å². The first kappa shape index (κ1) is 21.7. The molecule has 1 spiro atoms. The fourth-order valence-electron chi connectivity index (χ4n) is 5.16. The van der Waals surface area contributed by atoms with Crippen LogP contribution in [-0.4, -0.2) is 50.8 Å². The van der Waals surface area contributed by atoms with Crippen molar-refractivity contribution < 1.29 is 14.4 Å². The number of nitrogens with one attached hydrogen (secondary N) is 2. The van der Waals surface area contributed by atoms with Gasteiger partial charge < -0.3 is 15.2 Å². The van der Waals surface area contributed by atoms with Gasteiger partial charge in [-0.05, 0) is 63.6 Å². The maximum absolute atomic E-state index is 13.2. The van der Waals surface area contributed by atoms with E-state index < -0.39 is 11.6 Å². The van der Waals surface area contributed by atoms with Gasteiger partial charge in [0.2, 0.25) is 0 Å². The number of urea groups is 1. The lowest BCUT2D eigenvalue weighted by atomic mass is 9.82. The number of ketones is 1. The van der Waals surface area contributed by atoms with Crippen molar-refractivity contribution in [3.05, 3.63) is 41.2 Å². The van der Waals surface area contributed by atoms with Crippen LogP contribution in [0.3, 0.4) is 0 Å². The molecule has 0 aromatic carbocycles. The third-order valence-corrected chi connectivity index (χ3v) is 7.22. The average Bonchev–Trinajstić information content (AvgIpc) is 3.55. The van der Waals surface area contributed by atoms with Crippen molar-refractivity contribution in [3.63, 3.8) is 0 Å². The fraction of sp³-hybridized carbons (Fsp3) is 0.520. The van der Waals surface area contributed by atoms with E-state index in [4.69, 9.17) is 4.98 Å². The molecule has 2 aliphatic carbocycles. The van der Waals surface area contributed by atoms with Crippen LogP contribution in [0.25, 0.3) is 5.82 Å². The normalized spacial score (nSPS) is 19.8. The van der Waals surface area contributed by atoms with Crippen LogP contribution in [0.4, 0.5) is 10.6 Å². The smallest absolute Gasteiger partial charge is 0.325 e. The predicted octanol–water partition coefficient (Wildman–Crippen LogP) is 3.75. The summed E-state index contributed by atoms with van der Waals surface area (Å²) in [4.78, 5) is 44.7. The Hall–Kier alpha value is -3.16. The number of amides is 3. The molecule has 2 saturated carbocycles. The number of anilines is 1. The van der Waals surface area contributed by atoms with E-state index in [2.05, 4.69) is 10.6 Å². The molecule has 3 aliphatic rings. The van der Waals surface area contributed by atoms with Gasteiger partial charge in [-0.15, -0.1) is 0 Å². The zero-order chi connectivity index (χ0) is 23.2. The molecule has 3 amide bonds. The van der Waals surface area contributed by atoms with Crippen molar-refractivity contribution in [1.82, 2.24) is 19.8 Å². The minimum atomic E-state index is -0.815. The van der Waals surface area contributed by atoms with Gasteiger partial charge in [0.15, 0.2) is 5.78 Å². The first-order valence-electron chi connectivity index (χ1n) is 12.0. The zero-order valence-corrected chi connectivity index (χ0v) is 19.3. The van der Waals surface area contributed by atoms with E-state index in [1.165, 1.54) is 12.8 Å². The summed E-state index contributed by atoms with van der Waals surface area (Å²) in [5, 5.41) is 6.27. The van der Waals surface area contributed by atoms with E-state index in [1.807, 2.05) is 42.7 Å². The van der Waals surface area contributed by atoms with Crippen LogP contribution in [0.5, 0.6) is 0 Å². The van der Waals surface area contributed by atoms with Crippen LogP contribution in [0, 0.1) is 19.8 Å². The van der Waals surface area contributed by atoms with Gasteiger partial charge in [-0.1, -0.05) is 25.3 Å². The topological polar surface area (TPSA) is 96.3 Å². The van der Waals surface area contributed by atoms with E-state index in [9.17, 15) is 14.4 Å². The molecule has 0 atom stereocenters. The lowest BCUT2D eigenvalue weighted by Crippen LogP contribution is -2.48. The molecule has 8 nitrogen and oxygen atoms in total. The van der Waals surface area contributed by atoms with Gasteiger partial charge in [0, 0.05) is 23.5 Å². The highest BCUT2D eigenvalue weighted by molar-refractivity contribution is 6.11. The number of carbonyl (C=O) groups excluding carboxylic acids is 3. The molecule has 0 radical (unpaired) electrons. The van der Waals surface area contributed by atoms with Gasteiger partial charge in [-0.2, -0.15) is 0 Å². The minimum Gasteiger partial charge on any atom is -0.370 e. The second-order valence-electron chi connectivity index (χ2n) is 9.71. The van der Waals surface area contributed by atoms with E-state index in [-0.39, 0.29) is 18.2 Å². The number of hydrogen-bond acceptors (Lipinski definition) is 5. The molecular weight excluding hydrogens is 418 g/mol. The summed E-state index contributed by atoms with van der Waals surface area (Å²) < 4.78 is 1.95. The van der Waals surface area contributed by atoms with Crippen LogP contribution in [0.1, 0.15) is 66.7 Å². The molecule has 2 aromatic heterocycles. The highest BCUT2D eigenvalue weighted by Crippen LogP contribution is 2.34. The summed E-state index contributed by atoms with van der Waals surface area (Å²) in [6.45, 7) is 4.49. The second-order valence-corrected chi connectivity index (χ2v) is 9.71. The quantitative estimate of drug-likeness (QED) is 0.496. The van der Waals surface area contributed by atoms with Crippen molar-refractivity contribution in [2.45, 2.75) is 64.3 Å². The Morgan fingerprint density at radius 2 is 1.94 bits per heavy atom. The molecule has 2 aromatic rings. The van der Waals surface area contributed by atoms with Crippen LogP contribution in [0.15, 0.2) is 24.3 Å². The van der Waals surface area contributed by atoms with Crippen LogP contribution in [0.2, 0.25) is 0 Å². The molecular formula is C25H31N5O3. The fourth-order valence-corrected chi connectivity index (χ4v) is 5.16. The highest BCUT2D eigenvalue weighted by atomic mass is 16.2. The summed E-state index contributed by atoms with van der Waals surface area (Å²) in [5.74, 6) is 1.80. The highest BCUT2D eigenvalue weighted by Gasteiger charge is 2.51. The van der Waals surface area contributed by atoms with Crippen molar-refractivity contribution >= 4 is 23.5 Å². The van der Waals surface area contributed by atoms with Crippen LogP contribution in [-0.2, 0) is 4.79 Å². The second kappa shape index (κ2) is 8.32. The molecule has 0 bridgehead atoms. The molecule has 8 heteroatoms. The van der Waals surface area contributed by atoms with E-state index in [0.29, 0.717) is 18.4 Å². The Kier molecular flexibility index (Phi) is 5.46. The summed E-state index contributed by atoms with van der Waals surface area (Å²) in [6.07, 6.45) is 6.73. The average molecular weight is 450 g/mol. The third kappa shape index (κ3) is 4.03. The number of imide groups is 1. The molecule has 2 N–H and O–H groups in total. The van der Waals surface area contributed by atoms with E-state index in [0.717, 1.165) is 59.6 Å². The standard InChI is InChI=1S/C25H31N5O3/c1-16-13-19(17(2)30(16)22-8-6-7-21(27-22)26-14-18-9-10-18)20(31)15-29-23(32)25(28-24(29)33)11-4-3-5-12-25/h6-8,13,18H,3-5,9-12,14-15H2,1-2H3,(H,26,27)(H,28,33). The Balaban J connectivity index is 1.35. The molecule has 3 heterocycles. The summed E-state index contributed by atoms with van der Waals surface area (Å²) in [5.41, 5.74) is 1.33. The summed E-state index contributed by atoms with van der Waals surface area (Å²) in [7, 11) is 0. The molecule has 0 unspecified atom stereocenters. The molecule has 1 saturated heterocycles. The minimum absolute atomic E-state index is 0.242. The first-order valence-corrected chi connectivity index (χ1v) is 12.0. The maximum Gasteiger partial charge on any atom is 0.325 e. The zero-order valence-electron chi connectivity index (χ0n) is 19.3. The monoisotopic (exact) mass is 449 g/mol. The maximum atomic E-state index is 13.2. The number of nitrogens with zero attached hydrogens (tertiary/aromatic N) is 3. The number of rotatable bonds is 7. The molecule has 174 valence electrons. The van der Waals surface area contributed by atoms with Crippen molar-refractivity contribution in [1.29, 1.82) is 0 Å². The van der Waals surface area contributed by atoms with Crippen molar-refractivity contribution in [3.8, 4) is 5.82 Å². The number of pyridine rings is 1. The van der Waals surface area contributed by atoms with Crippen molar-refractivity contribution in [2.75, 3.05) is 18.4 Å². The summed E-state index contributed by atoms with van der Waals surface area (Å²) in [6, 6.07) is 7.18.